The van der Waals surface area contributed by atoms with Crippen LogP contribution in [0.4, 0.5) is 0 Å². The van der Waals surface area contributed by atoms with Crippen molar-refractivity contribution < 1.29 is 4.42 Å². The van der Waals surface area contributed by atoms with Crippen molar-refractivity contribution in [2.45, 2.75) is 19.3 Å². The zero-order chi connectivity index (χ0) is 29.9. The minimum Gasteiger partial charge on any atom is -0.454 e. The van der Waals surface area contributed by atoms with Crippen molar-refractivity contribution in [1.82, 2.24) is 14.5 Å². The molecule has 45 heavy (non-hydrogen) atoms. The standard InChI is InChI=1S/C41H27N3O/c1-41(2)31-15-9-14-30-37(31)44(38-29-13-6-8-17-35(29)45-39(30)38)34-21-20-27(23-32(34)41)40-42-33-16-7-5-12-28(33)36(43-40)26-19-18-24-10-3-4-11-25(24)22-26/h3-23H,1-2H3. The summed E-state index contributed by atoms with van der Waals surface area (Å²) in [4.78, 5) is 10.4. The van der Waals surface area contributed by atoms with E-state index in [2.05, 4.69) is 134 Å². The number of furan rings is 1. The van der Waals surface area contributed by atoms with Gasteiger partial charge >= 0.3 is 0 Å². The first-order valence-corrected chi connectivity index (χ1v) is 15.4. The summed E-state index contributed by atoms with van der Waals surface area (Å²) in [5, 5.41) is 5.74. The first kappa shape index (κ1) is 24.7. The lowest BCUT2D eigenvalue weighted by molar-refractivity contribution is 0.630. The van der Waals surface area contributed by atoms with Crippen LogP contribution in [0.2, 0.25) is 0 Å². The third-order valence-electron chi connectivity index (χ3n) is 9.77. The number of nitrogens with zero attached hydrogens (tertiary/aromatic N) is 3. The number of aromatic nitrogens is 3. The SMILES string of the molecule is CC1(C)c2cc(-c3nc(-c4ccc5ccccc5c4)c4ccccc4n3)ccc2-n2c3c1cccc3c1oc3ccccc3c12. The summed E-state index contributed by atoms with van der Waals surface area (Å²) >= 11 is 0. The van der Waals surface area contributed by atoms with Crippen molar-refractivity contribution >= 4 is 54.6 Å². The Morgan fingerprint density at radius 1 is 0.578 bits per heavy atom. The van der Waals surface area contributed by atoms with Crippen LogP contribution in [0.15, 0.2) is 132 Å². The van der Waals surface area contributed by atoms with E-state index in [1.807, 2.05) is 12.1 Å². The molecule has 1 aliphatic rings. The van der Waals surface area contributed by atoms with E-state index >= 15 is 0 Å². The van der Waals surface area contributed by atoms with Crippen LogP contribution in [0.1, 0.15) is 25.0 Å². The maximum atomic E-state index is 6.49. The molecule has 212 valence electrons. The van der Waals surface area contributed by atoms with E-state index < -0.39 is 0 Å². The fraction of sp³-hybridized carbons (Fsp3) is 0.0732. The van der Waals surface area contributed by atoms with Crippen LogP contribution >= 0.6 is 0 Å². The van der Waals surface area contributed by atoms with E-state index in [4.69, 9.17) is 14.4 Å². The Hall–Kier alpha value is -5.74. The molecule has 3 aromatic heterocycles. The number of hydrogen-bond donors (Lipinski definition) is 0. The quantitative estimate of drug-likeness (QED) is 0.205. The predicted molar refractivity (Wildman–Crippen MR) is 184 cm³/mol. The number of para-hydroxylation sites is 3. The monoisotopic (exact) mass is 577 g/mol. The first-order valence-electron chi connectivity index (χ1n) is 15.4. The molecule has 1 aliphatic heterocycles. The molecule has 4 heterocycles. The minimum absolute atomic E-state index is 0.246. The Morgan fingerprint density at radius 3 is 2.24 bits per heavy atom. The molecule has 0 saturated heterocycles. The molecular weight excluding hydrogens is 550 g/mol. The second-order valence-electron chi connectivity index (χ2n) is 12.6. The van der Waals surface area contributed by atoms with Gasteiger partial charge in [-0.05, 0) is 70.4 Å². The van der Waals surface area contributed by atoms with E-state index in [9.17, 15) is 0 Å². The van der Waals surface area contributed by atoms with Gasteiger partial charge in [0.15, 0.2) is 11.4 Å². The molecule has 0 unspecified atom stereocenters. The minimum atomic E-state index is -0.246. The van der Waals surface area contributed by atoms with Gasteiger partial charge in [-0.25, -0.2) is 9.97 Å². The number of hydrogen-bond acceptors (Lipinski definition) is 3. The van der Waals surface area contributed by atoms with E-state index in [0.29, 0.717) is 0 Å². The van der Waals surface area contributed by atoms with Gasteiger partial charge in [0.05, 0.1) is 22.4 Å². The largest absolute Gasteiger partial charge is 0.454 e. The fourth-order valence-electron chi connectivity index (χ4n) is 7.54. The molecule has 0 spiro atoms. The van der Waals surface area contributed by atoms with Crippen LogP contribution in [0.5, 0.6) is 0 Å². The normalized spacial score (nSPS) is 13.7. The Morgan fingerprint density at radius 2 is 1.33 bits per heavy atom. The molecule has 0 atom stereocenters. The molecule has 6 aromatic carbocycles. The van der Waals surface area contributed by atoms with Gasteiger partial charge in [0.2, 0.25) is 0 Å². The maximum absolute atomic E-state index is 6.49. The molecule has 0 saturated carbocycles. The van der Waals surface area contributed by atoms with Gasteiger partial charge in [-0.2, -0.15) is 0 Å². The van der Waals surface area contributed by atoms with Gasteiger partial charge in [0, 0.05) is 32.7 Å². The summed E-state index contributed by atoms with van der Waals surface area (Å²) in [6.45, 7) is 4.64. The van der Waals surface area contributed by atoms with Gasteiger partial charge in [-0.3, -0.25) is 0 Å². The topological polar surface area (TPSA) is 43.9 Å². The van der Waals surface area contributed by atoms with Crippen LogP contribution in [-0.2, 0) is 5.41 Å². The van der Waals surface area contributed by atoms with Gasteiger partial charge in [0.1, 0.15) is 11.1 Å². The van der Waals surface area contributed by atoms with E-state index in [1.165, 1.54) is 33.1 Å². The van der Waals surface area contributed by atoms with Crippen LogP contribution in [0.25, 0.3) is 83.0 Å². The first-order chi connectivity index (χ1) is 22.1. The molecule has 10 rings (SSSR count). The third-order valence-corrected chi connectivity index (χ3v) is 9.77. The molecule has 0 aliphatic carbocycles. The smallest absolute Gasteiger partial charge is 0.161 e. The Bertz CT molecular complexity index is 2690. The van der Waals surface area contributed by atoms with E-state index in [1.54, 1.807) is 0 Å². The summed E-state index contributed by atoms with van der Waals surface area (Å²) in [7, 11) is 0. The highest BCUT2D eigenvalue weighted by Crippen LogP contribution is 2.50. The molecule has 4 nitrogen and oxygen atoms in total. The summed E-state index contributed by atoms with van der Waals surface area (Å²) < 4.78 is 8.90. The van der Waals surface area contributed by atoms with Crippen LogP contribution < -0.4 is 0 Å². The maximum Gasteiger partial charge on any atom is 0.161 e. The zero-order valence-electron chi connectivity index (χ0n) is 24.9. The van der Waals surface area contributed by atoms with Crippen molar-refractivity contribution in [1.29, 1.82) is 0 Å². The molecule has 0 bridgehead atoms. The van der Waals surface area contributed by atoms with Crippen molar-refractivity contribution in [3.63, 3.8) is 0 Å². The predicted octanol–water partition coefficient (Wildman–Crippen LogP) is 10.6. The van der Waals surface area contributed by atoms with Crippen LogP contribution in [0.3, 0.4) is 0 Å². The highest BCUT2D eigenvalue weighted by atomic mass is 16.3. The summed E-state index contributed by atoms with van der Waals surface area (Å²) in [6, 6.07) is 45.0. The van der Waals surface area contributed by atoms with E-state index in [0.717, 1.165) is 61.0 Å². The van der Waals surface area contributed by atoms with Gasteiger partial charge in [-0.15, -0.1) is 0 Å². The number of rotatable bonds is 2. The number of fused-ring (bicyclic) bond motifs is 9. The average Bonchev–Trinajstić information content (AvgIpc) is 3.62. The summed E-state index contributed by atoms with van der Waals surface area (Å²) in [5.41, 5.74) is 11.6. The van der Waals surface area contributed by atoms with Gasteiger partial charge in [0.25, 0.3) is 0 Å². The zero-order valence-corrected chi connectivity index (χ0v) is 24.9. The summed E-state index contributed by atoms with van der Waals surface area (Å²) in [5.74, 6) is 0.728. The van der Waals surface area contributed by atoms with Crippen molar-refractivity contribution in [2.75, 3.05) is 0 Å². The lowest BCUT2D eigenvalue weighted by Crippen LogP contribution is -2.26. The number of benzene rings is 6. The van der Waals surface area contributed by atoms with Crippen molar-refractivity contribution in [2.24, 2.45) is 0 Å². The van der Waals surface area contributed by atoms with Crippen molar-refractivity contribution in [3.05, 3.63) is 139 Å². The lowest BCUT2D eigenvalue weighted by Gasteiger charge is -2.35. The second-order valence-corrected chi connectivity index (χ2v) is 12.6. The van der Waals surface area contributed by atoms with Gasteiger partial charge in [-0.1, -0.05) is 92.7 Å². The molecule has 0 radical (unpaired) electrons. The molecule has 0 N–H and O–H groups in total. The van der Waals surface area contributed by atoms with Crippen LogP contribution in [-0.4, -0.2) is 14.5 Å². The summed E-state index contributed by atoms with van der Waals surface area (Å²) in [6.07, 6.45) is 0. The van der Waals surface area contributed by atoms with Crippen LogP contribution in [0, 0.1) is 0 Å². The Balaban J connectivity index is 1.23. The Labute approximate surface area is 259 Å². The highest BCUT2D eigenvalue weighted by molar-refractivity contribution is 6.17. The molecule has 0 fully saturated rings. The Kier molecular flexibility index (Phi) is 4.76. The fourth-order valence-corrected chi connectivity index (χ4v) is 7.54. The van der Waals surface area contributed by atoms with Crippen molar-refractivity contribution in [3.8, 4) is 28.3 Å². The molecule has 0 amide bonds. The lowest BCUT2D eigenvalue weighted by atomic mass is 9.74. The third kappa shape index (κ3) is 3.31. The van der Waals surface area contributed by atoms with E-state index in [-0.39, 0.29) is 5.41 Å². The molecule has 4 heteroatoms. The average molecular weight is 578 g/mol. The molecule has 9 aromatic rings. The van der Waals surface area contributed by atoms with Gasteiger partial charge < -0.3 is 8.98 Å². The second kappa shape index (κ2) is 8.67. The highest BCUT2D eigenvalue weighted by Gasteiger charge is 2.36. The molecular formula is C41H27N3O.